The lowest BCUT2D eigenvalue weighted by Crippen LogP contribution is -2.22. The first-order valence-corrected chi connectivity index (χ1v) is 4.27. The maximum absolute atomic E-state index is 9.99. The fourth-order valence-electron chi connectivity index (χ4n) is 1.48. The van der Waals surface area contributed by atoms with E-state index in [9.17, 15) is 5.11 Å². The van der Waals surface area contributed by atoms with E-state index in [4.69, 9.17) is 4.42 Å². The molecule has 0 fully saturated rings. The Morgan fingerprint density at radius 3 is 2.67 bits per heavy atom. The predicted octanol–water partition coefficient (Wildman–Crippen LogP) is 2.53. The Balaban J connectivity index is 2.72. The van der Waals surface area contributed by atoms with Crippen molar-refractivity contribution in [2.75, 3.05) is 0 Å². The summed E-state index contributed by atoms with van der Waals surface area (Å²) in [6, 6.07) is 1.81. The van der Waals surface area contributed by atoms with Gasteiger partial charge >= 0.3 is 0 Å². The Kier molecular flexibility index (Phi) is 2.58. The predicted molar refractivity (Wildman–Crippen MR) is 47.7 cm³/mol. The highest BCUT2D eigenvalue weighted by Gasteiger charge is 2.24. The quantitative estimate of drug-likeness (QED) is 0.752. The topological polar surface area (TPSA) is 33.4 Å². The van der Waals surface area contributed by atoms with Crippen LogP contribution in [0.5, 0.6) is 0 Å². The first-order valence-electron chi connectivity index (χ1n) is 4.27. The fraction of sp³-hybridized carbons (Fsp3) is 0.600. The van der Waals surface area contributed by atoms with Gasteiger partial charge in [0.05, 0.1) is 18.1 Å². The highest BCUT2D eigenvalue weighted by molar-refractivity contribution is 5.14. The van der Waals surface area contributed by atoms with Gasteiger partial charge in [-0.2, -0.15) is 0 Å². The molecule has 0 aliphatic rings. The maximum atomic E-state index is 9.99. The van der Waals surface area contributed by atoms with Crippen LogP contribution in [0, 0.1) is 5.92 Å². The van der Waals surface area contributed by atoms with Crippen molar-refractivity contribution in [3.8, 4) is 0 Å². The van der Waals surface area contributed by atoms with Crippen LogP contribution in [0.3, 0.4) is 0 Å². The van der Waals surface area contributed by atoms with Crippen molar-refractivity contribution < 1.29 is 9.52 Å². The third-order valence-electron chi connectivity index (χ3n) is 1.95. The zero-order valence-electron chi connectivity index (χ0n) is 7.87. The minimum absolute atomic E-state index is 0.481. The highest BCUT2D eigenvalue weighted by Crippen LogP contribution is 2.27. The Bertz CT molecular complexity index is 222. The molecule has 1 atom stereocenters. The van der Waals surface area contributed by atoms with E-state index >= 15 is 0 Å². The van der Waals surface area contributed by atoms with E-state index in [2.05, 4.69) is 13.8 Å². The molecule has 12 heavy (non-hydrogen) atoms. The third kappa shape index (κ3) is 2.11. The van der Waals surface area contributed by atoms with Crippen molar-refractivity contribution >= 4 is 0 Å². The van der Waals surface area contributed by atoms with E-state index < -0.39 is 5.60 Å². The molecule has 0 amide bonds. The first kappa shape index (κ1) is 9.33. The van der Waals surface area contributed by atoms with Gasteiger partial charge < -0.3 is 9.52 Å². The van der Waals surface area contributed by atoms with Gasteiger partial charge in [0.25, 0.3) is 0 Å². The molecule has 2 nitrogen and oxygen atoms in total. The van der Waals surface area contributed by atoms with Crippen LogP contribution < -0.4 is 0 Å². The smallest absolute Gasteiger partial charge is 0.0963 e. The van der Waals surface area contributed by atoms with Crippen LogP contribution in [-0.2, 0) is 5.60 Å². The SMILES string of the molecule is CC(C)CC(C)(O)c1ccoc1. The van der Waals surface area contributed by atoms with Crippen LogP contribution in [0.25, 0.3) is 0 Å². The average molecular weight is 168 g/mol. The van der Waals surface area contributed by atoms with Crippen molar-refractivity contribution in [3.05, 3.63) is 24.2 Å². The van der Waals surface area contributed by atoms with Gasteiger partial charge in [0.15, 0.2) is 0 Å². The molecule has 1 rings (SSSR count). The standard InChI is InChI=1S/C10H16O2/c1-8(2)6-10(3,11)9-4-5-12-7-9/h4-5,7-8,11H,6H2,1-3H3. The average Bonchev–Trinajstić information content (AvgIpc) is 2.32. The summed E-state index contributed by atoms with van der Waals surface area (Å²) in [4.78, 5) is 0. The number of hydrogen-bond acceptors (Lipinski definition) is 2. The van der Waals surface area contributed by atoms with E-state index in [1.54, 1.807) is 12.5 Å². The highest BCUT2D eigenvalue weighted by atomic mass is 16.3. The zero-order chi connectivity index (χ0) is 9.19. The molecule has 0 saturated carbocycles. The van der Waals surface area contributed by atoms with Crippen LogP contribution in [0.1, 0.15) is 32.8 Å². The summed E-state index contributed by atoms with van der Waals surface area (Å²) in [6.45, 7) is 6.00. The summed E-state index contributed by atoms with van der Waals surface area (Å²) >= 11 is 0. The monoisotopic (exact) mass is 168 g/mol. The normalized spacial score (nSPS) is 16.4. The molecule has 1 aromatic heterocycles. The van der Waals surface area contributed by atoms with Crippen LogP contribution in [-0.4, -0.2) is 5.11 Å². The van der Waals surface area contributed by atoms with E-state index in [0.29, 0.717) is 5.92 Å². The molecule has 1 heterocycles. The van der Waals surface area contributed by atoms with Crippen LogP contribution >= 0.6 is 0 Å². The Morgan fingerprint density at radius 1 is 1.58 bits per heavy atom. The molecule has 0 radical (unpaired) electrons. The third-order valence-corrected chi connectivity index (χ3v) is 1.95. The molecule has 68 valence electrons. The molecular formula is C10H16O2. The molecule has 1 N–H and O–H groups in total. The summed E-state index contributed by atoms with van der Waals surface area (Å²) < 4.78 is 4.92. The van der Waals surface area contributed by atoms with Gasteiger partial charge in [-0.05, 0) is 25.3 Å². The molecule has 0 saturated heterocycles. The summed E-state index contributed by atoms with van der Waals surface area (Å²) in [7, 11) is 0. The lowest BCUT2D eigenvalue weighted by Gasteiger charge is -2.23. The molecule has 0 spiro atoms. The summed E-state index contributed by atoms with van der Waals surface area (Å²) in [6.07, 6.45) is 3.94. The van der Waals surface area contributed by atoms with Crippen LogP contribution in [0.2, 0.25) is 0 Å². The molecule has 2 heteroatoms. The minimum atomic E-state index is -0.749. The Hall–Kier alpha value is -0.760. The number of aliphatic hydroxyl groups is 1. The van der Waals surface area contributed by atoms with Crippen molar-refractivity contribution in [1.82, 2.24) is 0 Å². The molecule has 0 aliphatic heterocycles. The summed E-state index contributed by atoms with van der Waals surface area (Å²) in [5.41, 5.74) is 0.109. The first-order chi connectivity index (χ1) is 5.52. The summed E-state index contributed by atoms with van der Waals surface area (Å²) in [5.74, 6) is 0.481. The molecule has 1 aromatic rings. The van der Waals surface area contributed by atoms with Crippen LogP contribution in [0.15, 0.2) is 23.0 Å². The molecule has 0 aromatic carbocycles. The lowest BCUT2D eigenvalue weighted by molar-refractivity contribution is 0.0343. The van der Waals surface area contributed by atoms with Crippen molar-refractivity contribution in [3.63, 3.8) is 0 Å². The minimum Gasteiger partial charge on any atom is -0.472 e. The van der Waals surface area contributed by atoms with Gasteiger partial charge in [-0.3, -0.25) is 0 Å². The van der Waals surface area contributed by atoms with Gasteiger partial charge in [-0.1, -0.05) is 13.8 Å². The van der Waals surface area contributed by atoms with Crippen molar-refractivity contribution in [2.24, 2.45) is 5.92 Å². The maximum Gasteiger partial charge on any atom is 0.0963 e. The van der Waals surface area contributed by atoms with Gasteiger partial charge in [0.2, 0.25) is 0 Å². The molecular weight excluding hydrogens is 152 g/mol. The second-order valence-electron chi connectivity index (χ2n) is 3.88. The van der Waals surface area contributed by atoms with E-state index in [-0.39, 0.29) is 0 Å². The molecule has 0 bridgehead atoms. The Labute approximate surface area is 73.2 Å². The fourth-order valence-corrected chi connectivity index (χ4v) is 1.48. The second kappa shape index (κ2) is 3.31. The molecule has 1 unspecified atom stereocenters. The van der Waals surface area contributed by atoms with E-state index in [0.717, 1.165) is 12.0 Å². The number of furan rings is 1. The van der Waals surface area contributed by atoms with Gasteiger partial charge in [-0.15, -0.1) is 0 Å². The zero-order valence-corrected chi connectivity index (χ0v) is 7.87. The largest absolute Gasteiger partial charge is 0.472 e. The Morgan fingerprint density at radius 2 is 2.25 bits per heavy atom. The summed E-state index contributed by atoms with van der Waals surface area (Å²) in [5, 5.41) is 9.99. The molecule has 0 aliphatic carbocycles. The van der Waals surface area contributed by atoms with Crippen LogP contribution in [0.4, 0.5) is 0 Å². The van der Waals surface area contributed by atoms with Gasteiger partial charge in [0, 0.05) is 5.56 Å². The van der Waals surface area contributed by atoms with E-state index in [1.807, 2.05) is 13.0 Å². The van der Waals surface area contributed by atoms with Gasteiger partial charge in [-0.25, -0.2) is 0 Å². The number of rotatable bonds is 3. The van der Waals surface area contributed by atoms with E-state index in [1.165, 1.54) is 0 Å². The van der Waals surface area contributed by atoms with Gasteiger partial charge in [0.1, 0.15) is 0 Å². The lowest BCUT2D eigenvalue weighted by atomic mass is 9.89. The van der Waals surface area contributed by atoms with Crippen molar-refractivity contribution in [1.29, 1.82) is 0 Å². The second-order valence-corrected chi connectivity index (χ2v) is 3.88. The number of hydrogen-bond donors (Lipinski definition) is 1. The van der Waals surface area contributed by atoms with Crippen molar-refractivity contribution in [2.45, 2.75) is 32.8 Å².